The Morgan fingerprint density at radius 3 is 2.70 bits per heavy atom. The first-order valence-electron chi connectivity index (χ1n) is 9.43. The topological polar surface area (TPSA) is 75.5 Å². The van der Waals surface area contributed by atoms with Gasteiger partial charge in [0.15, 0.2) is 5.78 Å². The van der Waals surface area contributed by atoms with Crippen molar-refractivity contribution in [1.29, 1.82) is 0 Å². The number of nitro benzene ring substituents is 1. The zero-order valence-corrected chi connectivity index (χ0v) is 15.6. The predicted octanol–water partition coefficient (Wildman–Crippen LogP) is 3.97. The third-order valence-corrected chi connectivity index (χ3v) is 5.12. The van der Waals surface area contributed by atoms with E-state index in [0.29, 0.717) is 29.3 Å². The summed E-state index contributed by atoms with van der Waals surface area (Å²) in [6, 6.07) is 13.5. The summed E-state index contributed by atoms with van der Waals surface area (Å²) in [4.78, 5) is 26.1. The Bertz CT molecular complexity index is 808. The molecule has 1 atom stereocenters. The highest BCUT2D eigenvalue weighted by atomic mass is 16.6. The second-order valence-electron chi connectivity index (χ2n) is 6.97. The van der Waals surface area contributed by atoms with Gasteiger partial charge in [-0.1, -0.05) is 37.3 Å². The van der Waals surface area contributed by atoms with Crippen LogP contribution in [0, 0.1) is 16.0 Å². The molecule has 1 aliphatic heterocycles. The normalized spacial score (nSPS) is 17.4. The zero-order chi connectivity index (χ0) is 19.2. The number of likely N-dealkylation sites (tertiary alicyclic amines) is 1. The fourth-order valence-corrected chi connectivity index (χ4v) is 3.59. The number of nitro groups is 1. The molecule has 0 saturated carbocycles. The van der Waals surface area contributed by atoms with Gasteiger partial charge in [0.1, 0.15) is 5.69 Å². The van der Waals surface area contributed by atoms with Crippen LogP contribution in [-0.2, 0) is 0 Å². The van der Waals surface area contributed by atoms with E-state index >= 15 is 0 Å². The van der Waals surface area contributed by atoms with Crippen LogP contribution < -0.4 is 5.32 Å². The Balaban J connectivity index is 1.74. The highest BCUT2D eigenvalue weighted by molar-refractivity contribution is 6.09. The van der Waals surface area contributed by atoms with Crippen LogP contribution in [0.4, 0.5) is 11.4 Å². The van der Waals surface area contributed by atoms with Crippen molar-refractivity contribution in [1.82, 2.24) is 4.90 Å². The number of hydrogen-bond acceptors (Lipinski definition) is 5. The molecule has 1 aliphatic rings. The third kappa shape index (κ3) is 4.71. The molecule has 27 heavy (non-hydrogen) atoms. The molecule has 0 aliphatic carbocycles. The van der Waals surface area contributed by atoms with Crippen molar-refractivity contribution >= 4 is 17.2 Å². The molecular weight excluding hydrogens is 342 g/mol. The minimum Gasteiger partial charge on any atom is -0.379 e. The highest BCUT2D eigenvalue weighted by Gasteiger charge is 2.22. The lowest BCUT2D eigenvalue weighted by Gasteiger charge is -2.32. The zero-order valence-electron chi connectivity index (χ0n) is 15.6. The van der Waals surface area contributed by atoms with Gasteiger partial charge in [0, 0.05) is 30.3 Å². The average Bonchev–Trinajstić information content (AvgIpc) is 2.72. The van der Waals surface area contributed by atoms with Gasteiger partial charge in [-0.15, -0.1) is 0 Å². The smallest absolute Gasteiger partial charge is 0.293 e. The van der Waals surface area contributed by atoms with Crippen molar-refractivity contribution in [2.24, 2.45) is 5.92 Å². The van der Waals surface area contributed by atoms with E-state index in [2.05, 4.69) is 17.1 Å². The molecule has 1 heterocycles. The molecule has 0 spiro atoms. The summed E-state index contributed by atoms with van der Waals surface area (Å²) in [5.74, 6) is 0.264. The largest absolute Gasteiger partial charge is 0.379 e. The summed E-state index contributed by atoms with van der Waals surface area (Å²) in [7, 11) is 0. The van der Waals surface area contributed by atoms with E-state index in [4.69, 9.17) is 0 Å². The minimum atomic E-state index is -0.427. The first-order chi connectivity index (χ1) is 13.1. The van der Waals surface area contributed by atoms with E-state index in [0.717, 1.165) is 32.5 Å². The Morgan fingerprint density at radius 2 is 2.00 bits per heavy atom. The van der Waals surface area contributed by atoms with Crippen molar-refractivity contribution < 1.29 is 9.72 Å². The Kier molecular flexibility index (Phi) is 6.19. The van der Waals surface area contributed by atoms with Gasteiger partial charge in [-0.3, -0.25) is 14.9 Å². The number of benzene rings is 2. The summed E-state index contributed by atoms with van der Waals surface area (Å²) in [5.41, 5.74) is 1.26. The molecule has 1 fully saturated rings. The van der Waals surface area contributed by atoms with Crippen LogP contribution in [0.15, 0.2) is 48.5 Å². The van der Waals surface area contributed by atoms with E-state index in [-0.39, 0.29) is 11.5 Å². The average molecular weight is 367 g/mol. The fraction of sp³-hybridized carbons (Fsp3) is 0.381. The second kappa shape index (κ2) is 8.77. The van der Waals surface area contributed by atoms with Gasteiger partial charge in [-0.05, 0) is 44.0 Å². The number of piperidine rings is 1. The molecule has 0 amide bonds. The molecule has 2 aromatic carbocycles. The van der Waals surface area contributed by atoms with Crippen LogP contribution in [0.2, 0.25) is 0 Å². The number of nitrogens with zero attached hydrogens (tertiary/aromatic N) is 2. The number of hydrogen-bond donors (Lipinski definition) is 1. The highest BCUT2D eigenvalue weighted by Crippen LogP contribution is 2.28. The van der Waals surface area contributed by atoms with Crippen molar-refractivity contribution in [3.05, 3.63) is 69.8 Å². The maximum atomic E-state index is 12.6. The van der Waals surface area contributed by atoms with E-state index in [1.165, 1.54) is 6.07 Å². The predicted molar refractivity (Wildman–Crippen MR) is 106 cm³/mol. The number of anilines is 1. The molecule has 0 radical (unpaired) electrons. The number of rotatable bonds is 7. The Morgan fingerprint density at radius 1 is 1.22 bits per heavy atom. The quantitative estimate of drug-likeness (QED) is 0.455. The first-order valence-corrected chi connectivity index (χ1v) is 9.43. The van der Waals surface area contributed by atoms with Gasteiger partial charge in [0.25, 0.3) is 5.69 Å². The lowest BCUT2D eigenvalue weighted by molar-refractivity contribution is -0.384. The van der Waals surface area contributed by atoms with Crippen molar-refractivity contribution in [2.75, 3.05) is 31.5 Å². The van der Waals surface area contributed by atoms with Crippen LogP contribution in [0.3, 0.4) is 0 Å². The number of ketones is 1. The van der Waals surface area contributed by atoms with Gasteiger partial charge in [-0.2, -0.15) is 0 Å². The molecule has 6 nitrogen and oxygen atoms in total. The van der Waals surface area contributed by atoms with Crippen LogP contribution >= 0.6 is 0 Å². The third-order valence-electron chi connectivity index (χ3n) is 5.12. The van der Waals surface area contributed by atoms with Gasteiger partial charge < -0.3 is 10.2 Å². The number of nitrogens with one attached hydrogen (secondary N) is 1. The monoisotopic (exact) mass is 367 g/mol. The molecule has 0 aromatic heterocycles. The SMILES string of the molecule is CCN1CCC[C@H](CNc2ccc(C(=O)c3ccccc3)cc2[N+](=O)[O-])C1. The summed E-state index contributed by atoms with van der Waals surface area (Å²) in [6.07, 6.45) is 2.29. The van der Waals surface area contributed by atoms with Gasteiger partial charge >= 0.3 is 0 Å². The van der Waals surface area contributed by atoms with Crippen molar-refractivity contribution in [2.45, 2.75) is 19.8 Å². The Labute approximate surface area is 159 Å². The van der Waals surface area contributed by atoms with E-state index < -0.39 is 4.92 Å². The van der Waals surface area contributed by atoms with Crippen LogP contribution in [0.25, 0.3) is 0 Å². The molecule has 1 N–H and O–H groups in total. The molecule has 3 rings (SSSR count). The molecular formula is C21H25N3O3. The van der Waals surface area contributed by atoms with Crippen molar-refractivity contribution in [3.8, 4) is 0 Å². The maximum absolute atomic E-state index is 12.6. The second-order valence-corrected chi connectivity index (χ2v) is 6.97. The molecule has 0 unspecified atom stereocenters. The lowest BCUT2D eigenvalue weighted by atomic mass is 9.97. The lowest BCUT2D eigenvalue weighted by Crippen LogP contribution is -2.37. The van der Waals surface area contributed by atoms with E-state index in [9.17, 15) is 14.9 Å². The molecule has 6 heteroatoms. The summed E-state index contributed by atoms with van der Waals surface area (Å²) < 4.78 is 0. The molecule has 1 saturated heterocycles. The fourth-order valence-electron chi connectivity index (χ4n) is 3.59. The molecule has 2 aromatic rings. The maximum Gasteiger partial charge on any atom is 0.293 e. The van der Waals surface area contributed by atoms with E-state index in [1.807, 2.05) is 6.07 Å². The first kappa shape index (κ1) is 19.0. The molecule has 142 valence electrons. The standard InChI is InChI=1S/C21H25N3O3/c1-2-23-12-6-7-16(15-23)14-22-19-11-10-18(13-20(19)24(26)27)21(25)17-8-4-3-5-9-17/h3-5,8-11,13,16,22H,2,6-7,12,14-15H2,1H3/t16-/m1/s1. The minimum absolute atomic E-state index is 0.0556. The van der Waals surface area contributed by atoms with Gasteiger partial charge in [0.05, 0.1) is 4.92 Å². The van der Waals surface area contributed by atoms with Crippen molar-refractivity contribution in [3.63, 3.8) is 0 Å². The summed E-state index contributed by atoms with van der Waals surface area (Å²) >= 11 is 0. The van der Waals surface area contributed by atoms with Crippen LogP contribution in [-0.4, -0.2) is 41.8 Å². The summed E-state index contributed by atoms with van der Waals surface area (Å²) in [5, 5.41) is 14.8. The van der Waals surface area contributed by atoms with Crippen LogP contribution in [0.5, 0.6) is 0 Å². The number of carbonyl (C=O) groups is 1. The summed E-state index contributed by atoms with van der Waals surface area (Å²) in [6.45, 7) is 6.03. The number of carbonyl (C=O) groups excluding carboxylic acids is 1. The van der Waals surface area contributed by atoms with E-state index in [1.54, 1.807) is 36.4 Å². The van der Waals surface area contributed by atoms with Gasteiger partial charge in [0.2, 0.25) is 0 Å². The Hall–Kier alpha value is -2.73. The van der Waals surface area contributed by atoms with Gasteiger partial charge in [-0.25, -0.2) is 0 Å². The molecule has 0 bridgehead atoms. The van der Waals surface area contributed by atoms with Crippen LogP contribution in [0.1, 0.15) is 35.7 Å².